The van der Waals surface area contributed by atoms with E-state index in [1.165, 1.54) is 32.7 Å². The minimum absolute atomic E-state index is 0.636. The zero-order chi connectivity index (χ0) is 31.2. The number of rotatable bonds is 5. The molecular weight excluding hydrogens is 573 g/mol. The Bertz CT molecular complexity index is 2500. The largest absolute Gasteiger partial charge is 0.309 e. The van der Waals surface area contributed by atoms with Crippen LogP contribution in [0.5, 0.6) is 0 Å². The molecule has 0 bridgehead atoms. The lowest BCUT2D eigenvalue weighted by Crippen LogP contribution is -2.01. The van der Waals surface area contributed by atoms with Crippen LogP contribution in [0.25, 0.3) is 83.6 Å². The Morgan fingerprint density at radius 2 is 0.894 bits per heavy atom. The van der Waals surface area contributed by atoms with Crippen molar-refractivity contribution in [3.05, 3.63) is 170 Å². The fourth-order valence-corrected chi connectivity index (χ4v) is 6.60. The lowest BCUT2D eigenvalue weighted by Gasteiger charge is -2.12. The van der Waals surface area contributed by atoms with E-state index in [0.29, 0.717) is 17.5 Å². The summed E-state index contributed by atoms with van der Waals surface area (Å²) in [4.78, 5) is 14.9. The van der Waals surface area contributed by atoms with E-state index >= 15 is 0 Å². The topological polar surface area (TPSA) is 43.6 Å². The van der Waals surface area contributed by atoms with Gasteiger partial charge in [0.2, 0.25) is 0 Å². The molecule has 47 heavy (non-hydrogen) atoms. The van der Waals surface area contributed by atoms with Crippen LogP contribution in [0.4, 0.5) is 0 Å². The van der Waals surface area contributed by atoms with Crippen molar-refractivity contribution in [2.24, 2.45) is 0 Å². The predicted molar refractivity (Wildman–Crippen MR) is 193 cm³/mol. The van der Waals surface area contributed by atoms with Gasteiger partial charge in [-0.15, -0.1) is 0 Å². The van der Waals surface area contributed by atoms with E-state index in [1.54, 1.807) is 0 Å². The Morgan fingerprint density at radius 1 is 0.340 bits per heavy atom. The average Bonchev–Trinajstić information content (AvgIpc) is 3.50. The Morgan fingerprint density at radius 3 is 1.57 bits per heavy atom. The van der Waals surface area contributed by atoms with Gasteiger partial charge in [0.1, 0.15) is 0 Å². The molecule has 0 aliphatic rings. The van der Waals surface area contributed by atoms with Gasteiger partial charge in [-0.2, -0.15) is 0 Å². The Kier molecular flexibility index (Phi) is 6.43. The number of hydrogen-bond acceptors (Lipinski definition) is 3. The second-order valence-corrected chi connectivity index (χ2v) is 11.7. The van der Waals surface area contributed by atoms with Gasteiger partial charge >= 0.3 is 0 Å². The number of nitrogens with zero attached hydrogens (tertiary/aromatic N) is 4. The Balaban J connectivity index is 1.27. The van der Waals surface area contributed by atoms with E-state index in [-0.39, 0.29) is 0 Å². The maximum atomic E-state index is 5.00. The third-order valence-corrected chi connectivity index (χ3v) is 8.82. The van der Waals surface area contributed by atoms with Crippen LogP contribution in [-0.4, -0.2) is 19.5 Å². The fourth-order valence-electron chi connectivity index (χ4n) is 6.60. The van der Waals surface area contributed by atoms with Crippen molar-refractivity contribution in [1.82, 2.24) is 19.5 Å². The molecule has 4 heteroatoms. The maximum absolute atomic E-state index is 5.00. The van der Waals surface area contributed by atoms with Gasteiger partial charge < -0.3 is 4.57 Å². The first-order valence-electron chi connectivity index (χ1n) is 15.8. The van der Waals surface area contributed by atoms with Gasteiger partial charge in [0.05, 0.1) is 11.0 Å². The highest BCUT2D eigenvalue weighted by Crippen LogP contribution is 2.39. The standard InChI is InChI=1S/C43H28N4/c1-4-13-29(14-5-1)33-24-25-38-37(28-33)40-36-22-11-10-15-30(36)23-26-39(40)47(38)35-21-12-20-34(27-35)43-45-41(31-16-6-2-7-17-31)44-42(46-43)32-18-8-3-9-19-32/h1-28H. The van der Waals surface area contributed by atoms with E-state index in [0.717, 1.165) is 33.4 Å². The summed E-state index contributed by atoms with van der Waals surface area (Å²) in [5, 5.41) is 4.94. The van der Waals surface area contributed by atoms with E-state index in [2.05, 4.69) is 114 Å². The van der Waals surface area contributed by atoms with Gasteiger partial charge in [-0.3, -0.25) is 0 Å². The molecule has 220 valence electrons. The minimum Gasteiger partial charge on any atom is -0.309 e. The molecule has 0 unspecified atom stereocenters. The van der Waals surface area contributed by atoms with Gasteiger partial charge in [0.15, 0.2) is 17.5 Å². The van der Waals surface area contributed by atoms with Crippen molar-refractivity contribution in [2.75, 3.05) is 0 Å². The van der Waals surface area contributed by atoms with Gasteiger partial charge in [0.25, 0.3) is 0 Å². The summed E-state index contributed by atoms with van der Waals surface area (Å²) in [5.41, 5.74) is 8.59. The van der Waals surface area contributed by atoms with Crippen LogP contribution in [0.15, 0.2) is 170 Å². The van der Waals surface area contributed by atoms with Crippen LogP contribution in [0.2, 0.25) is 0 Å². The minimum atomic E-state index is 0.636. The van der Waals surface area contributed by atoms with Gasteiger partial charge in [-0.25, -0.2) is 15.0 Å². The lowest BCUT2D eigenvalue weighted by molar-refractivity contribution is 1.07. The SMILES string of the molecule is c1ccc(-c2ccc3c(c2)c2c4ccccc4ccc2n3-c2cccc(-c3nc(-c4ccccc4)nc(-c4ccccc4)n3)c2)cc1. The molecule has 9 rings (SSSR count). The van der Waals surface area contributed by atoms with E-state index in [4.69, 9.17) is 15.0 Å². The van der Waals surface area contributed by atoms with Crippen molar-refractivity contribution in [3.8, 4) is 51.0 Å². The Labute approximate surface area is 272 Å². The highest BCUT2D eigenvalue weighted by molar-refractivity contribution is 6.21. The van der Waals surface area contributed by atoms with Gasteiger partial charge in [0, 0.05) is 33.2 Å². The summed E-state index contributed by atoms with van der Waals surface area (Å²) < 4.78 is 2.37. The smallest absolute Gasteiger partial charge is 0.164 e. The predicted octanol–water partition coefficient (Wildman–Crippen LogP) is 10.8. The molecule has 2 heterocycles. The summed E-state index contributed by atoms with van der Waals surface area (Å²) in [7, 11) is 0. The number of aromatic nitrogens is 4. The van der Waals surface area contributed by atoms with Gasteiger partial charge in [-0.1, -0.05) is 140 Å². The molecule has 0 saturated carbocycles. The molecule has 9 aromatic rings. The van der Waals surface area contributed by atoms with Crippen molar-refractivity contribution < 1.29 is 0 Å². The van der Waals surface area contributed by atoms with E-state index in [1.807, 2.05) is 60.7 Å². The van der Waals surface area contributed by atoms with Crippen LogP contribution < -0.4 is 0 Å². The van der Waals surface area contributed by atoms with Crippen molar-refractivity contribution in [1.29, 1.82) is 0 Å². The van der Waals surface area contributed by atoms with Crippen LogP contribution >= 0.6 is 0 Å². The molecule has 0 atom stereocenters. The third kappa shape index (κ3) is 4.75. The fraction of sp³-hybridized carbons (Fsp3) is 0. The van der Waals surface area contributed by atoms with Crippen LogP contribution in [-0.2, 0) is 0 Å². The molecule has 0 spiro atoms. The monoisotopic (exact) mass is 600 g/mol. The Hall–Kier alpha value is -6.39. The quantitative estimate of drug-likeness (QED) is 0.197. The molecule has 7 aromatic carbocycles. The summed E-state index contributed by atoms with van der Waals surface area (Å²) in [6, 6.07) is 59.3. The number of benzene rings is 7. The average molecular weight is 601 g/mol. The molecule has 0 radical (unpaired) electrons. The first-order chi connectivity index (χ1) is 23.3. The lowest BCUT2D eigenvalue weighted by atomic mass is 10.0. The van der Waals surface area contributed by atoms with Crippen LogP contribution in [0.3, 0.4) is 0 Å². The van der Waals surface area contributed by atoms with Crippen LogP contribution in [0, 0.1) is 0 Å². The highest BCUT2D eigenvalue weighted by Gasteiger charge is 2.18. The zero-order valence-electron chi connectivity index (χ0n) is 25.5. The van der Waals surface area contributed by atoms with Crippen molar-refractivity contribution in [3.63, 3.8) is 0 Å². The number of fused-ring (bicyclic) bond motifs is 5. The third-order valence-electron chi connectivity index (χ3n) is 8.82. The molecule has 0 fully saturated rings. The molecular formula is C43H28N4. The van der Waals surface area contributed by atoms with Gasteiger partial charge in [-0.05, 0) is 52.2 Å². The summed E-state index contributed by atoms with van der Waals surface area (Å²) in [6.45, 7) is 0. The normalized spacial score (nSPS) is 11.4. The second-order valence-electron chi connectivity index (χ2n) is 11.7. The molecule has 0 N–H and O–H groups in total. The molecule has 0 aliphatic carbocycles. The van der Waals surface area contributed by atoms with Crippen molar-refractivity contribution in [2.45, 2.75) is 0 Å². The summed E-state index contributed by atoms with van der Waals surface area (Å²) in [6.07, 6.45) is 0. The van der Waals surface area contributed by atoms with E-state index in [9.17, 15) is 0 Å². The first-order valence-corrected chi connectivity index (χ1v) is 15.8. The number of hydrogen-bond donors (Lipinski definition) is 0. The highest BCUT2D eigenvalue weighted by atomic mass is 15.0. The molecule has 0 saturated heterocycles. The van der Waals surface area contributed by atoms with E-state index < -0.39 is 0 Å². The maximum Gasteiger partial charge on any atom is 0.164 e. The second kappa shape index (κ2) is 11.2. The molecule has 2 aromatic heterocycles. The molecule has 0 aliphatic heterocycles. The summed E-state index contributed by atoms with van der Waals surface area (Å²) in [5.74, 6) is 1.94. The summed E-state index contributed by atoms with van der Waals surface area (Å²) >= 11 is 0. The first kappa shape index (κ1) is 27.0. The molecule has 0 amide bonds. The zero-order valence-corrected chi connectivity index (χ0v) is 25.5. The van der Waals surface area contributed by atoms with Crippen LogP contribution in [0.1, 0.15) is 0 Å². The van der Waals surface area contributed by atoms with Crippen molar-refractivity contribution >= 4 is 32.6 Å². The molecule has 4 nitrogen and oxygen atoms in total.